The number of rotatable bonds is 5. The zero-order chi connectivity index (χ0) is 17.7. The normalized spacial score (nSPS) is 10.6. The lowest BCUT2D eigenvalue weighted by Crippen LogP contribution is -2.17. The van der Waals surface area contributed by atoms with E-state index in [1.54, 1.807) is 18.2 Å². The van der Waals surface area contributed by atoms with Gasteiger partial charge in [0.2, 0.25) is 0 Å². The van der Waals surface area contributed by atoms with Gasteiger partial charge in [-0.15, -0.1) is 0 Å². The minimum absolute atomic E-state index is 0.0679. The first-order valence-corrected chi connectivity index (χ1v) is 6.76. The second-order valence-electron chi connectivity index (χ2n) is 4.67. The van der Waals surface area contributed by atoms with Crippen molar-refractivity contribution < 1.29 is 29.6 Å². The van der Waals surface area contributed by atoms with Gasteiger partial charge in [0.1, 0.15) is 11.5 Å². The molecule has 126 valence electrons. The lowest BCUT2D eigenvalue weighted by Gasteiger charge is -2.07. The van der Waals surface area contributed by atoms with Crippen LogP contribution in [0.25, 0.3) is 0 Å². The van der Waals surface area contributed by atoms with Crippen LogP contribution in [0.3, 0.4) is 0 Å². The third kappa shape index (κ3) is 3.67. The summed E-state index contributed by atoms with van der Waals surface area (Å²) in [7, 11) is 3.03. The van der Waals surface area contributed by atoms with Crippen LogP contribution < -0.4 is 14.9 Å². The lowest BCUT2D eigenvalue weighted by atomic mass is 10.2. The average molecular weight is 332 g/mol. The zero-order valence-electron chi connectivity index (χ0n) is 13.0. The Bertz CT molecular complexity index is 765. The Balaban J connectivity index is 2.13. The first-order chi connectivity index (χ1) is 11.5. The van der Waals surface area contributed by atoms with Crippen molar-refractivity contribution in [1.82, 2.24) is 5.43 Å². The number of phenols is 3. The smallest absolute Gasteiger partial charge is 0.271 e. The molecule has 0 heterocycles. The predicted molar refractivity (Wildman–Crippen MR) is 86.0 cm³/mol. The number of methoxy groups -OCH3 is 2. The summed E-state index contributed by atoms with van der Waals surface area (Å²) in [6, 6.07) is 7.09. The minimum atomic E-state index is -0.696. The molecule has 0 saturated heterocycles. The van der Waals surface area contributed by atoms with Gasteiger partial charge in [0, 0.05) is 17.2 Å². The number of carbonyl (C=O) groups excluding carboxylic acids is 1. The van der Waals surface area contributed by atoms with E-state index >= 15 is 0 Å². The van der Waals surface area contributed by atoms with Gasteiger partial charge < -0.3 is 24.8 Å². The van der Waals surface area contributed by atoms with Crippen molar-refractivity contribution in [3.63, 3.8) is 0 Å². The summed E-state index contributed by atoms with van der Waals surface area (Å²) in [5.74, 6) is -1.47. The molecule has 0 saturated carbocycles. The second kappa shape index (κ2) is 7.23. The monoisotopic (exact) mass is 332 g/mol. The van der Waals surface area contributed by atoms with Gasteiger partial charge in [-0.25, -0.2) is 5.43 Å². The number of amides is 1. The highest BCUT2D eigenvalue weighted by Gasteiger charge is 2.13. The molecular weight excluding hydrogens is 316 g/mol. The number of carbonyl (C=O) groups is 1. The van der Waals surface area contributed by atoms with Crippen LogP contribution in [0.15, 0.2) is 35.4 Å². The molecule has 0 atom stereocenters. The summed E-state index contributed by atoms with van der Waals surface area (Å²) < 4.78 is 10.3. The van der Waals surface area contributed by atoms with Gasteiger partial charge in [0.25, 0.3) is 5.91 Å². The molecule has 0 unspecified atom stereocenters. The summed E-state index contributed by atoms with van der Waals surface area (Å²) in [4.78, 5) is 11.9. The van der Waals surface area contributed by atoms with E-state index in [9.17, 15) is 20.1 Å². The number of hydrogen-bond acceptors (Lipinski definition) is 7. The molecule has 0 aliphatic heterocycles. The molecular formula is C16H16N2O6. The number of aromatic hydroxyl groups is 3. The second-order valence-corrected chi connectivity index (χ2v) is 4.67. The van der Waals surface area contributed by atoms with Crippen LogP contribution in [0.4, 0.5) is 0 Å². The number of hydrazone groups is 1. The minimum Gasteiger partial charge on any atom is -0.504 e. The molecule has 8 heteroatoms. The largest absolute Gasteiger partial charge is 0.504 e. The van der Waals surface area contributed by atoms with Gasteiger partial charge in [-0.1, -0.05) is 0 Å². The summed E-state index contributed by atoms with van der Waals surface area (Å²) in [6.45, 7) is 0. The first-order valence-electron chi connectivity index (χ1n) is 6.76. The van der Waals surface area contributed by atoms with Gasteiger partial charge in [-0.05, 0) is 24.3 Å². The molecule has 0 radical (unpaired) electrons. The van der Waals surface area contributed by atoms with E-state index in [2.05, 4.69) is 10.5 Å². The molecule has 2 aromatic rings. The molecule has 0 spiro atoms. The molecule has 2 rings (SSSR count). The van der Waals surface area contributed by atoms with E-state index < -0.39 is 23.2 Å². The Hall–Kier alpha value is -3.42. The summed E-state index contributed by atoms with van der Waals surface area (Å²) in [5.41, 5.74) is 2.78. The number of phenolic OH excluding ortho intramolecular Hbond substituents is 3. The molecule has 0 aliphatic carbocycles. The highest BCUT2D eigenvalue weighted by molar-refractivity contribution is 5.96. The maximum absolute atomic E-state index is 11.9. The van der Waals surface area contributed by atoms with Crippen LogP contribution in [0.2, 0.25) is 0 Å². The van der Waals surface area contributed by atoms with Gasteiger partial charge in [0.15, 0.2) is 17.2 Å². The summed E-state index contributed by atoms with van der Waals surface area (Å²) in [5, 5.41) is 31.8. The number of hydrogen-bond donors (Lipinski definition) is 4. The Morgan fingerprint density at radius 3 is 2.33 bits per heavy atom. The van der Waals surface area contributed by atoms with Gasteiger partial charge in [-0.3, -0.25) is 4.79 Å². The van der Waals surface area contributed by atoms with Gasteiger partial charge in [0.05, 0.1) is 20.4 Å². The Labute approximate surface area is 137 Å². The third-order valence-corrected chi connectivity index (χ3v) is 3.14. The summed E-state index contributed by atoms with van der Waals surface area (Å²) in [6.07, 6.45) is 1.37. The van der Waals surface area contributed by atoms with Crippen LogP contribution in [0.1, 0.15) is 15.9 Å². The Kier molecular flexibility index (Phi) is 5.10. The molecule has 0 fully saturated rings. The van der Waals surface area contributed by atoms with Crippen molar-refractivity contribution in [2.75, 3.05) is 14.2 Å². The van der Waals surface area contributed by atoms with E-state index in [0.29, 0.717) is 17.1 Å². The highest BCUT2D eigenvalue weighted by Crippen LogP contribution is 2.35. The molecule has 0 aliphatic rings. The van der Waals surface area contributed by atoms with Crippen molar-refractivity contribution in [1.29, 1.82) is 0 Å². The fraction of sp³-hybridized carbons (Fsp3) is 0.125. The molecule has 2 aromatic carbocycles. The lowest BCUT2D eigenvalue weighted by molar-refractivity contribution is 0.0954. The highest BCUT2D eigenvalue weighted by atomic mass is 16.5. The molecule has 0 aromatic heterocycles. The zero-order valence-corrected chi connectivity index (χ0v) is 13.0. The van der Waals surface area contributed by atoms with Crippen molar-refractivity contribution >= 4 is 12.1 Å². The fourth-order valence-corrected chi connectivity index (χ4v) is 1.89. The fourth-order valence-electron chi connectivity index (χ4n) is 1.89. The number of nitrogens with zero attached hydrogens (tertiary/aromatic N) is 1. The standard InChI is InChI=1S/C16H16N2O6/c1-23-11-4-3-9(14(7-11)24-2)8-17-18-16(22)10-5-12(19)15(21)13(20)6-10/h3-8,19-21H,1-2H3,(H,18,22)/b17-8-. The van der Waals surface area contributed by atoms with Crippen LogP contribution in [0, 0.1) is 0 Å². The molecule has 0 bridgehead atoms. The maximum atomic E-state index is 11.9. The van der Waals surface area contributed by atoms with Crippen LogP contribution in [-0.4, -0.2) is 41.7 Å². The van der Waals surface area contributed by atoms with Gasteiger partial charge in [-0.2, -0.15) is 5.10 Å². The number of nitrogens with one attached hydrogen (secondary N) is 1. The van der Waals surface area contributed by atoms with Crippen LogP contribution in [0.5, 0.6) is 28.7 Å². The maximum Gasteiger partial charge on any atom is 0.271 e. The SMILES string of the molecule is COc1ccc(/C=N\NC(=O)c2cc(O)c(O)c(O)c2)c(OC)c1. The predicted octanol–water partition coefficient (Wildman–Crippen LogP) is 1.58. The van der Waals surface area contributed by atoms with E-state index in [0.717, 1.165) is 12.1 Å². The quantitative estimate of drug-likeness (QED) is 0.375. The van der Waals surface area contributed by atoms with E-state index in [1.807, 2.05) is 0 Å². The van der Waals surface area contributed by atoms with Crippen molar-refractivity contribution in [2.45, 2.75) is 0 Å². The van der Waals surface area contributed by atoms with Gasteiger partial charge >= 0.3 is 0 Å². The Morgan fingerprint density at radius 2 is 1.75 bits per heavy atom. The summed E-state index contributed by atoms with van der Waals surface area (Å²) >= 11 is 0. The van der Waals surface area contributed by atoms with Crippen molar-refractivity contribution in [3.05, 3.63) is 41.5 Å². The molecule has 8 nitrogen and oxygen atoms in total. The first kappa shape index (κ1) is 16.9. The van der Waals surface area contributed by atoms with Crippen molar-refractivity contribution in [2.24, 2.45) is 5.10 Å². The van der Waals surface area contributed by atoms with E-state index in [1.165, 1.54) is 20.4 Å². The van der Waals surface area contributed by atoms with Crippen LogP contribution in [-0.2, 0) is 0 Å². The third-order valence-electron chi connectivity index (χ3n) is 3.14. The van der Waals surface area contributed by atoms with Crippen molar-refractivity contribution in [3.8, 4) is 28.7 Å². The molecule has 24 heavy (non-hydrogen) atoms. The Morgan fingerprint density at radius 1 is 1.08 bits per heavy atom. The molecule has 4 N–H and O–H groups in total. The van der Waals surface area contributed by atoms with E-state index in [-0.39, 0.29) is 5.56 Å². The molecule has 1 amide bonds. The van der Waals surface area contributed by atoms with E-state index in [4.69, 9.17) is 9.47 Å². The number of ether oxygens (including phenoxy) is 2. The van der Waals surface area contributed by atoms with Crippen LogP contribution >= 0.6 is 0 Å². The topological polar surface area (TPSA) is 121 Å². The number of benzene rings is 2. The average Bonchev–Trinajstić information content (AvgIpc) is 2.59.